The van der Waals surface area contributed by atoms with Crippen molar-refractivity contribution in [3.8, 4) is 17.5 Å². The summed E-state index contributed by atoms with van der Waals surface area (Å²) in [4.78, 5) is 16.2. The number of nitrogens with zero attached hydrogens (tertiary/aromatic N) is 3. The Labute approximate surface area is 196 Å². The summed E-state index contributed by atoms with van der Waals surface area (Å²) in [7, 11) is 0. The molecule has 2 aromatic rings. The number of anilines is 1. The molecule has 3 rings (SSSR count). The molecule has 0 saturated carbocycles. The van der Waals surface area contributed by atoms with E-state index in [1.54, 1.807) is 20.8 Å². The van der Waals surface area contributed by atoms with Crippen LogP contribution in [0.25, 0.3) is 11.6 Å². The lowest BCUT2D eigenvalue weighted by Gasteiger charge is -2.26. The fourth-order valence-electron chi connectivity index (χ4n) is 3.06. The minimum absolute atomic E-state index is 0.125. The van der Waals surface area contributed by atoms with E-state index in [1.807, 2.05) is 0 Å². The number of hydrogen-bond donors (Lipinski definition) is 2. The number of nitrogens with one attached hydrogen (secondary N) is 1. The molecule has 0 aliphatic carbocycles. The van der Waals surface area contributed by atoms with Crippen LogP contribution in [0.1, 0.15) is 57.9 Å². The van der Waals surface area contributed by atoms with Crippen LogP contribution in [0.3, 0.4) is 0 Å². The molecule has 0 aromatic carbocycles. The van der Waals surface area contributed by atoms with E-state index in [1.165, 1.54) is 12.2 Å². The fourth-order valence-corrected chi connectivity index (χ4v) is 3.06. The van der Waals surface area contributed by atoms with Crippen molar-refractivity contribution < 1.29 is 45.7 Å². The molecule has 1 aliphatic heterocycles. The number of hydrogen-bond acceptors (Lipinski definition) is 8. The molecular formula is C21H23F5N4O5. The average molecular weight is 506 g/mol. The van der Waals surface area contributed by atoms with Gasteiger partial charge in [-0.3, -0.25) is 5.32 Å². The molecule has 0 saturated heterocycles. The zero-order valence-corrected chi connectivity index (χ0v) is 18.9. The van der Waals surface area contributed by atoms with Gasteiger partial charge in [0.1, 0.15) is 5.60 Å². The predicted molar refractivity (Wildman–Crippen MR) is 111 cm³/mol. The van der Waals surface area contributed by atoms with Gasteiger partial charge in [-0.1, -0.05) is 12.2 Å². The maximum Gasteiger partial charge on any atom is 0.426 e. The number of alkyl halides is 5. The average Bonchev–Trinajstić information content (AvgIpc) is 3.20. The lowest BCUT2D eigenvalue weighted by molar-refractivity contribution is -0.276. The molecule has 2 aromatic heterocycles. The monoisotopic (exact) mass is 506 g/mol. The number of allylic oxidation sites excluding steroid dienone is 1. The number of rotatable bonds is 2. The van der Waals surface area contributed by atoms with Crippen LogP contribution in [0, 0.1) is 0 Å². The summed E-state index contributed by atoms with van der Waals surface area (Å²) >= 11 is 0. The third-order valence-electron chi connectivity index (χ3n) is 4.70. The number of aromatic nitrogens is 3. The van der Waals surface area contributed by atoms with Crippen LogP contribution in [0.2, 0.25) is 0 Å². The third kappa shape index (κ3) is 6.05. The van der Waals surface area contributed by atoms with Crippen molar-refractivity contribution in [2.75, 3.05) is 11.9 Å². The summed E-state index contributed by atoms with van der Waals surface area (Å²) in [5, 5.41) is 19.5. The zero-order chi connectivity index (χ0) is 26.0. The number of carbonyl (C=O) groups excluding carboxylic acids is 1. The van der Waals surface area contributed by atoms with Gasteiger partial charge in [0.25, 0.3) is 18.2 Å². The van der Waals surface area contributed by atoms with E-state index < -0.39 is 70.9 Å². The van der Waals surface area contributed by atoms with Crippen LogP contribution >= 0.6 is 0 Å². The highest BCUT2D eigenvalue weighted by Crippen LogP contribution is 2.43. The molecule has 1 unspecified atom stereocenters. The zero-order valence-electron chi connectivity index (χ0n) is 18.9. The van der Waals surface area contributed by atoms with Gasteiger partial charge in [-0.05, 0) is 46.1 Å². The molecule has 0 spiro atoms. The Bertz CT molecular complexity index is 1100. The lowest BCUT2D eigenvalue weighted by atomic mass is 9.96. The Balaban J connectivity index is 2.17. The second-order valence-electron chi connectivity index (χ2n) is 8.62. The van der Waals surface area contributed by atoms with E-state index in [9.17, 15) is 31.9 Å². The number of ether oxygens (including phenoxy) is 2. The van der Waals surface area contributed by atoms with Gasteiger partial charge in [-0.2, -0.15) is 13.2 Å². The van der Waals surface area contributed by atoms with E-state index in [4.69, 9.17) is 13.9 Å². The van der Waals surface area contributed by atoms with Gasteiger partial charge in [-0.25, -0.2) is 18.6 Å². The molecule has 35 heavy (non-hydrogen) atoms. The van der Waals surface area contributed by atoms with Crippen molar-refractivity contribution in [1.29, 1.82) is 0 Å². The van der Waals surface area contributed by atoms with Crippen molar-refractivity contribution >= 4 is 11.8 Å². The molecule has 0 fully saturated rings. The Kier molecular flexibility index (Phi) is 7.34. The fraction of sp³-hybridized carbons (Fsp3) is 0.524. The van der Waals surface area contributed by atoms with Gasteiger partial charge in [0, 0.05) is 0 Å². The minimum atomic E-state index is -5.17. The van der Waals surface area contributed by atoms with Crippen LogP contribution in [-0.2, 0) is 10.3 Å². The maximum atomic E-state index is 13.7. The molecule has 1 amide bonds. The molecule has 9 nitrogen and oxygen atoms in total. The Morgan fingerprint density at radius 3 is 2.51 bits per heavy atom. The molecule has 0 radical (unpaired) electrons. The summed E-state index contributed by atoms with van der Waals surface area (Å²) in [5.41, 5.74) is -5.98. The van der Waals surface area contributed by atoms with Gasteiger partial charge < -0.3 is 19.0 Å². The topological polar surface area (TPSA) is 120 Å². The van der Waals surface area contributed by atoms with Gasteiger partial charge in [0.15, 0.2) is 5.69 Å². The highest BCUT2D eigenvalue weighted by Gasteiger charge is 2.58. The minimum Gasteiger partial charge on any atom is -0.477 e. The normalized spacial score (nSPS) is 20.1. The number of halogens is 5. The first-order valence-corrected chi connectivity index (χ1v) is 10.5. The third-order valence-corrected chi connectivity index (χ3v) is 4.70. The quantitative estimate of drug-likeness (QED) is 0.417. The van der Waals surface area contributed by atoms with E-state index in [2.05, 4.69) is 20.5 Å². The molecule has 4 bridgehead atoms. The molecule has 1 aliphatic rings. The van der Waals surface area contributed by atoms with Crippen molar-refractivity contribution in [1.82, 2.24) is 15.2 Å². The molecule has 192 valence electrons. The summed E-state index contributed by atoms with van der Waals surface area (Å²) in [6.07, 6.45) is -7.30. The van der Waals surface area contributed by atoms with Crippen LogP contribution < -0.4 is 10.1 Å². The van der Waals surface area contributed by atoms with E-state index >= 15 is 0 Å². The second kappa shape index (κ2) is 9.76. The van der Waals surface area contributed by atoms with Crippen molar-refractivity contribution in [3.05, 3.63) is 29.7 Å². The van der Waals surface area contributed by atoms with Crippen LogP contribution in [0.15, 0.2) is 22.6 Å². The molecule has 3 heterocycles. The lowest BCUT2D eigenvalue weighted by Crippen LogP contribution is -2.42. The smallest absolute Gasteiger partial charge is 0.426 e. The summed E-state index contributed by atoms with van der Waals surface area (Å²) in [6.45, 7) is 4.57. The van der Waals surface area contributed by atoms with E-state index in [0.717, 1.165) is 6.07 Å². The first kappa shape index (κ1) is 26.3. The largest absolute Gasteiger partial charge is 0.477 e. The molecule has 1 atom stereocenters. The molecule has 2 N–H and O–H groups in total. The van der Waals surface area contributed by atoms with Crippen LogP contribution in [-0.4, -0.2) is 44.8 Å². The first-order valence-electron chi connectivity index (χ1n) is 10.5. The van der Waals surface area contributed by atoms with Gasteiger partial charge in [-0.15, -0.1) is 10.2 Å². The number of fused-ring (bicyclic) bond motifs is 5. The van der Waals surface area contributed by atoms with E-state index in [0.29, 0.717) is 0 Å². The number of amides is 1. The molecule has 14 heteroatoms. The van der Waals surface area contributed by atoms with E-state index in [-0.39, 0.29) is 19.4 Å². The summed E-state index contributed by atoms with van der Waals surface area (Å²) in [5.74, 6) is -2.39. The summed E-state index contributed by atoms with van der Waals surface area (Å²) in [6, 6.07) is 0.827. The van der Waals surface area contributed by atoms with Crippen molar-refractivity contribution in [2.45, 2.75) is 63.8 Å². The Morgan fingerprint density at radius 2 is 1.89 bits per heavy atom. The summed E-state index contributed by atoms with van der Waals surface area (Å²) < 4.78 is 84.3. The standard InChI is InChI=1S/C21H23F5N4O5/c1-19(2,3)35-18(31)27-12-10-11(14(22)23)15-28-13(12)16-29-30-17(34-16)20(32,21(24,25)26)8-6-4-5-7-9-33-15/h4-5,10,14,32H,6-9H2,1-3H3,(H,27,31)/b5-4-. The maximum absolute atomic E-state index is 13.7. The van der Waals surface area contributed by atoms with Gasteiger partial charge >= 0.3 is 12.3 Å². The van der Waals surface area contributed by atoms with Gasteiger partial charge in [0.2, 0.25) is 11.5 Å². The Hall–Kier alpha value is -3.29. The SMILES string of the molecule is CC(C)(C)OC(=O)Nc1cc(C(F)F)c2nc1-c1nnc(o1)C(O)(C(F)(F)F)CC/C=C\CCO2. The second-order valence-corrected chi connectivity index (χ2v) is 8.62. The van der Waals surface area contributed by atoms with Crippen molar-refractivity contribution in [2.24, 2.45) is 0 Å². The van der Waals surface area contributed by atoms with Crippen LogP contribution in [0.5, 0.6) is 5.88 Å². The predicted octanol–water partition coefficient (Wildman–Crippen LogP) is 5.29. The highest BCUT2D eigenvalue weighted by molar-refractivity contribution is 5.89. The van der Waals surface area contributed by atoms with Crippen molar-refractivity contribution in [3.63, 3.8) is 0 Å². The highest BCUT2D eigenvalue weighted by atomic mass is 19.4. The number of pyridine rings is 1. The van der Waals surface area contributed by atoms with Gasteiger partial charge in [0.05, 0.1) is 17.9 Å². The number of aliphatic hydroxyl groups is 1. The number of carbonyl (C=O) groups is 1. The van der Waals surface area contributed by atoms with Crippen LogP contribution in [0.4, 0.5) is 32.4 Å². The Morgan fingerprint density at radius 1 is 1.20 bits per heavy atom. The first-order chi connectivity index (χ1) is 16.2. The molecular weight excluding hydrogens is 483 g/mol.